The van der Waals surface area contributed by atoms with Gasteiger partial charge in [-0.2, -0.15) is 13.2 Å². The predicted octanol–water partition coefficient (Wildman–Crippen LogP) is 4.14. The second-order valence-corrected chi connectivity index (χ2v) is 4.12. The lowest BCUT2D eigenvalue weighted by atomic mass is 10.2. The van der Waals surface area contributed by atoms with Crippen molar-refractivity contribution in [2.45, 2.75) is 6.18 Å². The Kier molecular flexibility index (Phi) is 3.14. The third-order valence-corrected chi connectivity index (χ3v) is 2.70. The van der Waals surface area contributed by atoms with E-state index >= 15 is 0 Å². The second kappa shape index (κ2) is 4.34. The normalized spacial score (nSPS) is 11.9. The van der Waals surface area contributed by atoms with E-state index < -0.39 is 28.1 Å². The van der Waals surface area contributed by atoms with Crippen molar-refractivity contribution in [3.8, 4) is 11.4 Å². The van der Waals surface area contributed by atoms with Gasteiger partial charge in [0.25, 0.3) is 0 Å². The van der Waals surface area contributed by atoms with Crippen molar-refractivity contribution in [2.24, 2.45) is 0 Å². The van der Waals surface area contributed by atoms with Crippen molar-refractivity contribution >= 4 is 15.9 Å². The van der Waals surface area contributed by atoms with Crippen LogP contribution < -0.4 is 0 Å². The Hall–Kier alpha value is -1.44. The molecule has 18 heavy (non-hydrogen) atoms. The quantitative estimate of drug-likeness (QED) is 0.784. The average molecular weight is 327 g/mol. The lowest BCUT2D eigenvalue weighted by Gasteiger charge is -2.02. The molecule has 0 saturated carbocycles. The number of H-pyrrole nitrogens is 1. The summed E-state index contributed by atoms with van der Waals surface area (Å²) < 4.78 is 63.0. The average Bonchev–Trinajstić information content (AvgIpc) is 2.59. The van der Waals surface area contributed by atoms with Crippen LogP contribution in [0.25, 0.3) is 11.4 Å². The summed E-state index contributed by atoms with van der Waals surface area (Å²) >= 11 is 2.63. The van der Waals surface area contributed by atoms with E-state index in [0.29, 0.717) is 6.07 Å². The van der Waals surface area contributed by atoms with Crippen LogP contribution in [0.1, 0.15) is 5.69 Å². The van der Waals surface area contributed by atoms with Crippen molar-refractivity contribution in [3.05, 3.63) is 40.1 Å². The van der Waals surface area contributed by atoms with Crippen molar-refractivity contribution < 1.29 is 22.0 Å². The Morgan fingerprint density at radius 2 is 1.83 bits per heavy atom. The van der Waals surface area contributed by atoms with Gasteiger partial charge in [0.2, 0.25) is 0 Å². The van der Waals surface area contributed by atoms with E-state index in [-0.39, 0.29) is 11.4 Å². The van der Waals surface area contributed by atoms with Crippen LogP contribution in [0, 0.1) is 11.6 Å². The van der Waals surface area contributed by atoms with Crippen LogP contribution in [0.4, 0.5) is 22.0 Å². The van der Waals surface area contributed by atoms with Gasteiger partial charge in [-0.05, 0) is 28.1 Å². The van der Waals surface area contributed by atoms with Crippen molar-refractivity contribution in [1.29, 1.82) is 0 Å². The topological polar surface area (TPSA) is 28.7 Å². The van der Waals surface area contributed by atoms with E-state index in [1.54, 1.807) is 0 Å². The number of aromatic nitrogens is 2. The molecule has 0 saturated heterocycles. The highest BCUT2D eigenvalue weighted by Gasteiger charge is 2.36. The van der Waals surface area contributed by atoms with Gasteiger partial charge in [-0.1, -0.05) is 0 Å². The minimum absolute atomic E-state index is 0.243. The zero-order valence-corrected chi connectivity index (χ0v) is 10.0. The van der Waals surface area contributed by atoms with Gasteiger partial charge in [-0.15, -0.1) is 0 Å². The number of hydrogen-bond acceptors (Lipinski definition) is 1. The molecule has 96 valence electrons. The van der Waals surface area contributed by atoms with Crippen LogP contribution >= 0.6 is 15.9 Å². The summed E-state index contributed by atoms with van der Waals surface area (Å²) in [6.07, 6.45) is -4.64. The second-order valence-electron chi connectivity index (χ2n) is 3.37. The summed E-state index contributed by atoms with van der Waals surface area (Å²) in [7, 11) is 0. The zero-order valence-electron chi connectivity index (χ0n) is 8.45. The smallest absolute Gasteiger partial charge is 0.333 e. The third kappa shape index (κ3) is 2.38. The lowest BCUT2D eigenvalue weighted by Crippen LogP contribution is -2.06. The Morgan fingerprint density at radius 1 is 1.17 bits per heavy atom. The first-order valence-corrected chi connectivity index (χ1v) is 5.36. The molecule has 0 bridgehead atoms. The molecule has 0 radical (unpaired) electrons. The molecule has 8 heteroatoms. The molecule has 1 N–H and O–H groups in total. The predicted molar refractivity (Wildman–Crippen MR) is 56.6 cm³/mol. The third-order valence-electron chi connectivity index (χ3n) is 2.13. The Morgan fingerprint density at radius 3 is 2.33 bits per heavy atom. The van der Waals surface area contributed by atoms with Gasteiger partial charge in [0.1, 0.15) is 22.1 Å². The number of aromatic amines is 1. The highest BCUT2D eigenvalue weighted by atomic mass is 79.9. The number of nitrogens with zero attached hydrogens (tertiary/aromatic N) is 1. The van der Waals surface area contributed by atoms with Crippen LogP contribution in [-0.2, 0) is 6.18 Å². The van der Waals surface area contributed by atoms with Gasteiger partial charge in [0.05, 0.1) is 5.56 Å². The van der Waals surface area contributed by atoms with Gasteiger partial charge >= 0.3 is 6.18 Å². The lowest BCUT2D eigenvalue weighted by molar-refractivity contribution is -0.141. The van der Waals surface area contributed by atoms with Crippen molar-refractivity contribution in [1.82, 2.24) is 9.97 Å². The molecule has 0 fully saturated rings. The standard InChI is InChI=1S/C10H4BrF5N2/c11-8-7(10(14,15)16)17-9(18-8)5-2-1-4(12)3-6(5)13/h1-3H,(H,17,18). The first-order chi connectivity index (χ1) is 8.29. The molecular formula is C10H4BrF5N2. The maximum absolute atomic E-state index is 13.4. The first kappa shape index (κ1) is 13.0. The van der Waals surface area contributed by atoms with E-state index in [0.717, 1.165) is 12.1 Å². The zero-order chi connectivity index (χ0) is 13.5. The fraction of sp³-hybridized carbons (Fsp3) is 0.100. The molecule has 0 atom stereocenters. The summed E-state index contributed by atoms with van der Waals surface area (Å²) in [4.78, 5) is 5.47. The largest absolute Gasteiger partial charge is 0.433 e. The fourth-order valence-electron chi connectivity index (χ4n) is 1.35. The maximum atomic E-state index is 13.4. The van der Waals surface area contributed by atoms with E-state index in [1.165, 1.54) is 0 Å². The summed E-state index contributed by atoms with van der Waals surface area (Å²) in [6, 6.07) is 2.51. The molecule has 1 heterocycles. The van der Waals surface area contributed by atoms with Crippen LogP contribution in [0.5, 0.6) is 0 Å². The van der Waals surface area contributed by atoms with Gasteiger partial charge in [0, 0.05) is 6.07 Å². The van der Waals surface area contributed by atoms with E-state index in [9.17, 15) is 22.0 Å². The van der Waals surface area contributed by atoms with E-state index in [1.807, 2.05) is 4.98 Å². The number of imidazole rings is 1. The van der Waals surface area contributed by atoms with Crippen molar-refractivity contribution in [2.75, 3.05) is 0 Å². The monoisotopic (exact) mass is 326 g/mol. The number of alkyl halides is 3. The maximum Gasteiger partial charge on any atom is 0.433 e. The van der Waals surface area contributed by atoms with Crippen LogP contribution in [0.15, 0.2) is 22.8 Å². The SMILES string of the molecule is Fc1ccc(-c2nc(Br)c(C(F)(F)F)[nH]2)c(F)c1. The molecule has 0 spiro atoms. The van der Waals surface area contributed by atoms with Gasteiger partial charge in [-0.25, -0.2) is 13.8 Å². The molecule has 2 aromatic rings. The van der Waals surface area contributed by atoms with Gasteiger partial charge < -0.3 is 4.98 Å². The molecule has 2 nitrogen and oxygen atoms in total. The minimum Gasteiger partial charge on any atom is -0.333 e. The molecule has 0 aliphatic heterocycles. The number of nitrogens with one attached hydrogen (secondary N) is 1. The fourth-order valence-corrected chi connectivity index (χ4v) is 1.85. The summed E-state index contributed by atoms with van der Waals surface area (Å²) in [6.45, 7) is 0. The summed E-state index contributed by atoms with van der Waals surface area (Å²) in [5.74, 6) is -2.14. The van der Waals surface area contributed by atoms with Gasteiger partial charge in [-0.3, -0.25) is 0 Å². The molecule has 0 amide bonds. The van der Waals surface area contributed by atoms with Crippen LogP contribution in [-0.4, -0.2) is 9.97 Å². The molecular weight excluding hydrogens is 323 g/mol. The van der Waals surface area contributed by atoms with Crippen LogP contribution in [0.3, 0.4) is 0 Å². The van der Waals surface area contributed by atoms with Gasteiger partial charge in [0.15, 0.2) is 5.69 Å². The molecule has 0 aliphatic carbocycles. The summed E-state index contributed by atoms with van der Waals surface area (Å²) in [5.41, 5.74) is -1.37. The number of halogens is 6. The highest BCUT2D eigenvalue weighted by Crippen LogP contribution is 2.35. The van der Waals surface area contributed by atoms with E-state index in [2.05, 4.69) is 20.9 Å². The minimum atomic E-state index is -4.64. The Bertz CT molecular complexity index is 590. The highest BCUT2D eigenvalue weighted by molar-refractivity contribution is 9.10. The van der Waals surface area contributed by atoms with E-state index in [4.69, 9.17) is 0 Å². The molecule has 0 unspecified atom stereocenters. The first-order valence-electron chi connectivity index (χ1n) is 4.57. The molecule has 1 aromatic carbocycles. The summed E-state index contributed by atoms with van der Waals surface area (Å²) in [5, 5.41) is 0. The number of rotatable bonds is 1. The molecule has 0 aliphatic rings. The molecule has 2 rings (SSSR count). The van der Waals surface area contributed by atoms with Crippen molar-refractivity contribution in [3.63, 3.8) is 0 Å². The number of hydrogen-bond donors (Lipinski definition) is 1. The van der Waals surface area contributed by atoms with Crippen LogP contribution in [0.2, 0.25) is 0 Å². The Balaban J connectivity index is 2.53. The number of benzene rings is 1. The Labute approximate surface area is 106 Å². The molecule has 1 aromatic heterocycles.